The molecule has 0 aromatic heterocycles. The summed E-state index contributed by atoms with van der Waals surface area (Å²) in [7, 11) is 0. The predicted molar refractivity (Wildman–Crippen MR) is 266 cm³/mol. The van der Waals surface area contributed by atoms with E-state index in [0.29, 0.717) is 19.3 Å². The van der Waals surface area contributed by atoms with Gasteiger partial charge in [-0.3, -0.25) is 14.4 Å². The standard InChI is InChI=1S/C56H104O6/c1-4-7-10-13-16-18-20-22-23-24-25-26-27-28-29-30-31-32-33-34-36-37-40-43-46-49-55(58)61-52-53(51-60-54(57)48-45-42-39-15-12-9-6-3)62-56(59)50-47-44-41-38-35-21-19-17-14-11-8-5-2/h20,22,24-25,53H,4-19,21,23,26-52H2,1-3H3/b22-20-,25-24-. The summed E-state index contributed by atoms with van der Waals surface area (Å²) in [5.41, 5.74) is 0. The van der Waals surface area contributed by atoms with Crippen molar-refractivity contribution in [1.29, 1.82) is 0 Å². The highest BCUT2D eigenvalue weighted by atomic mass is 16.6. The summed E-state index contributed by atoms with van der Waals surface area (Å²) < 4.78 is 16.7. The monoisotopic (exact) mass is 873 g/mol. The molecule has 1 atom stereocenters. The van der Waals surface area contributed by atoms with E-state index in [0.717, 1.165) is 64.2 Å². The number of carbonyl (C=O) groups excluding carboxylic acids is 3. The minimum absolute atomic E-state index is 0.0669. The van der Waals surface area contributed by atoms with Crippen molar-refractivity contribution in [2.45, 2.75) is 303 Å². The molecule has 0 aromatic rings. The van der Waals surface area contributed by atoms with Crippen molar-refractivity contribution in [1.82, 2.24) is 0 Å². The van der Waals surface area contributed by atoms with Crippen molar-refractivity contribution in [3.05, 3.63) is 24.3 Å². The molecule has 6 heteroatoms. The topological polar surface area (TPSA) is 78.9 Å². The van der Waals surface area contributed by atoms with Gasteiger partial charge in [0.05, 0.1) is 0 Å². The van der Waals surface area contributed by atoms with Crippen LogP contribution >= 0.6 is 0 Å². The van der Waals surface area contributed by atoms with Gasteiger partial charge in [-0.15, -0.1) is 0 Å². The van der Waals surface area contributed by atoms with E-state index in [9.17, 15) is 14.4 Å². The fraction of sp³-hybridized carbons (Fsp3) is 0.875. The molecule has 0 amide bonds. The number of esters is 3. The molecule has 0 radical (unpaired) electrons. The summed E-state index contributed by atoms with van der Waals surface area (Å²) in [5.74, 6) is -0.860. The van der Waals surface area contributed by atoms with Crippen molar-refractivity contribution >= 4 is 17.9 Å². The van der Waals surface area contributed by atoms with Crippen LogP contribution in [0.3, 0.4) is 0 Å². The van der Waals surface area contributed by atoms with E-state index in [2.05, 4.69) is 45.1 Å². The number of rotatable bonds is 50. The first-order chi connectivity index (χ1) is 30.5. The van der Waals surface area contributed by atoms with Gasteiger partial charge in [0.1, 0.15) is 13.2 Å². The molecule has 0 aliphatic carbocycles. The van der Waals surface area contributed by atoms with Gasteiger partial charge < -0.3 is 14.2 Å². The normalized spacial score (nSPS) is 12.1. The predicted octanol–water partition coefficient (Wildman–Crippen LogP) is 17.9. The quantitative estimate of drug-likeness (QED) is 0.0262. The van der Waals surface area contributed by atoms with Gasteiger partial charge in [-0.25, -0.2) is 0 Å². The molecule has 0 spiro atoms. The third-order valence-electron chi connectivity index (χ3n) is 12.2. The van der Waals surface area contributed by atoms with E-state index in [4.69, 9.17) is 14.2 Å². The summed E-state index contributed by atoms with van der Waals surface area (Å²) in [6.07, 6.45) is 59.1. The van der Waals surface area contributed by atoms with Crippen LogP contribution in [0.5, 0.6) is 0 Å². The number of hydrogen-bond acceptors (Lipinski definition) is 6. The summed E-state index contributed by atoms with van der Waals surface area (Å²) in [6.45, 7) is 6.61. The molecular formula is C56H104O6. The van der Waals surface area contributed by atoms with Crippen molar-refractivity contribution in [2.75, 3.05) is 13.2 Å². The zero-order chi connectivity index (χ0) is 45.1. The minimum Gasteiger partial charge on any atom is -0.462 e. The van der Waals surface area contributed by atoms with Gasteiger partial charge in [-0.1, -0.05) is 251 Å². The zero-order valence-corrected chi connectivity index (χ0v) is 41.7. The van der Waals surface area contributed by atoms with Crippen molar-refractivity contribution in [3.8, 4) is 0 Å². The Bertz CT molecular complexity index is 1000. The second-order valence-corrected chi connectivity index (χ2v) is 18.5. The largest absolute Gasteiger partial charge is 0.462 e. The second-order valence-electron chi connectivity index (χ2n) is 18.5. The molecule has 0 aromatic carbocycles. The SMILES string of the molecule is CCCCCCC/C=C\C/C=C\CCCCCCCCCCCCCCCC(=O)OCC(COC(=O)CCCCCCCCC)OC(=O)CCCCCCCCCCCCCC. The molecule has 0 bridgehead atoms. The lowest BCUT2D eigenvalue weighted by Gasteiger charge is -2.18. The Kier molecular flexibility index (Phi) is 49.8. The molecule has 0 aliphatic rings. The van der Waals surface area contributed by atoms with Crippen LogP contribution in [0, 0.1) is 0 Å². The minimum atomic E-state index is -0.763. The first kappa shape index (κ1) is 59.9. The van der Waals surface area contributed by atoms with Gasteiger partial charge in [-0.2, -0.15) is 0 Å². The van der Waals surface area contributed by atoms with Gasteiger partial charge >= 0.3 is 17.9 Å². The van der Waals surface area contributed by atoms with Crippen molar-refractivity contribution in [3.63, 3.8) is 0 Å². The van der Waals surface area contributed by atoms with Crippen LogP contribution in [0.25, 0.3) is 0 Å². The van der Waals surface area contributed by atoms with Crippen molar-refractivity contribution < 1.29 is 28.6 Å². The second kappa shape index (κ2) is 51.5. The lowest BCUT2D eigenvalue weighted by atomic mass is 10.0. The molecule has 0 heterocycles. The lowest BCUT2D eigenvalue weighted by molar-refractivity contribution is -0.167. The highest BCUT2D eigenvalue weighted by molar-refractivity contribution is 5.71. The molecule has 0 saturated heterocycles. The third kappa shape index (κ3) is 48.9. The number of unbranched alkanes of at least 4 members (excludes halogenated alkanes) is 35. The average molecular weight is 873 g/mol. The van der Waals surface area contributed by atoms with Gasteiger partial charge in [-0.05, 0) is 51.4 Å². The average Bonchev–Trinajstić information content (AvgIpc) is 3.27. The molecule has 0 saturated carbocycles. The summed E-state index contributed by atoms with van der Waals surface area (Å²) in [6, 6.07) is 0. The number of ether oxygens (including phenoxy) is 3. The van der Waals surface area contributed by atoms with Crippen LogP contribution < -0.4 is 0 Å². The fourth-order valence-corrected chi connectivity index (χ4v) is 8.06. The number of allylic oxidation sites excluding steroid dienone is 4. The van der Waals surface area contributed by atoms with Crippen LogP contribution in [0.4, 0.5) is 0 Å². The maximum absolute atomic E-state index is 12.7. The van der Waals surface area contributed by atoms with Crippen molar-refractivity contribution in [2.24, 2.45) is 0 Å². The zero-order valence-electron chi connectivity index (χ0n) is 41.7. The summed E-state index contributed by atoms with van der Waals surface area (Å²) in [5, 5.41) is 0. The Morgan fingerprint density at radius 3 is 0.887 bits per heavy atom. The molecule has 0 N–H and O–H groups in total. The maximum atomic E-state index is 12.7. The van der Waals surface area contributed by atoms with E-state index in [1.165, 1.54) is 193 Å². The highest BCUT2D eigenvalue weighted by Crippen LogP contribution is 2.16. The lowest BCUT2D eigenvalue weighted by Crippen LogP contribution is -2.30. The Balaban J connectivity index is 4.08. The number of carbonyl (C=O) groups is 3. The van der Waals surface area contributed by atoms with Crippen LogP contribution in [-0.2, 0) is 28.6 Å². The van der Waals surface area contributed by atoms with Gasteiger partial charge in [0, 0.05) is 19.3 Å². The summed E-state index contributed by atoms with van der Waals surface area (Å²) >= 11 is 0. The Morgan fingerprint density at radius 2 is 0.581 bits per heavy atom. The third-order valence-corrected chi connectivity index (χ3v) is 12.2. The van der Waals surface area contributed by atoms with E-state index < -0.39 is 6.10 Å². The smallest absolute Gasteiger partial charge is 0.306 e. The Labute approximate surface area is 385 Å². The molecule has 364 valence electrons. The molecule has 0 rings (SSSR count). The molecule has 1 unspecified atom stereocenters. The van der Waals surface area contributed by atoms with Gasteiger partial charge in [0.25, 0.3) is 0 Å². The van der Waals surface area contributed by atoms with Crippen LogP contribution in [-0.4, -0.2) is 37.2 Å². The molecule has 0 fully saturated rings. The van der Waals surface area contributed by atoms with E-state index >= 15 is 0 Å². The van der Waals surface area contributed by atoms with Crippen LogP contribution in [0.2, 0.25) is 0 Å². The van der Waals surface area contributed by atoms with Gasteiger partial charge in [0.15, 0.2) is 6.10 Å². The fourth-order valence-electron chi connectivity index (χ4n) is 8.06. The number of hydrogen-bond donors (Lipinski definition) is 0. The van der Waals surface area contributed by atoms with Crippen LogP contribution in [0.1, 0.15) is 297 Å². The highest BCUT2D eigenvalue weighted by Gasteiger charge is 2.19. The maximum Gasteiger partial charge on any atom is 0.306 e. The molecule has 62 heavy (non-hydrogen) atoms. The van der Waals surface area contributed by atoms with E-state index in [1.807, 2.05) is 0 Å². The summed E-state index contributed by atoms with van der Waals surface area (Å²) in [4.78, 5) is 37.8. The molecule has 0 aliphatic heterocycles. The molecule has 6 nitrogen and oxygen atoms in total. The van der Waals surface area contributed by atoms with E-state index in [-0.39, 0.29) is 31.1 Å². The molecular weight excluding hydrogens is 769 g/mol. The van der Waals surface area contributed by atoms with E-state index in [1.54, 1.807) is 0 Å². The Morgan fingerprint density at radius 1 is 0.323 bits per heavy atom. The Hall–Kier alpha value is -2.11. The first-order valence-electron chi connectivity index (χ1n) is 27.3. The van der Waals surface area contributed by atoms with Gasteiger partial charge in [0.2, 0.25) is 0 Å². The van der Waals surface area contributed by atoms with Crippen LogP contribution in [0.15, 0.2) is 24.3 Å². The first-order valence-corrected chi connectivity index (χ1v) is 27.3.